The van der Waals surface area contributed by atoms with Crippen molar-refractivity contribution in [2.24, 2.45) is 5.92 Å². The van der Waals surface area contributed by atoms with E-state index >= 15 is 0 Å². The zero-order valence-electron chi connectivity index (χ0n) is 14.2. The molecule has 1 heterocycles. The maximum absolute atomic E-state index is 13.0. The number of halogens is 3. The zero-order chi connectivity index (χ0) is 19.0. The van der Waals surface area contributed by atoms with Gasteiger partial charge in [-0.1, -0.05) is 47.5 Å². The largest absolute Gasteiger partial charge is 0.308 e. The Morgan fingerprint density at radius 3 is 2.56 bits per heavy atom. The van der Waals surface area contributed by atoms with Crippen molar-refractivity contribution in [1.29, 1.82) is 0 Å². The SMILES string of the molecule is O=C(Nc1nn(Cc2ccc(F)cc2)cc1Cl)C1CC1c1ccc(Cl)cc1. The minimum atomic E-state index is -0.287. The van der Waals surface area contributed by atoms with Gasteiger partial charge in [0.25, 0.3) is 0 Å². The fourth-order valence-electron chi connectivity index (χ4n) is 3.11. The van der Waals surface area contributed by atoms with Crippen molar-refractivity contribution >= 4 is 34.9 Å². The molecular formula is C20H16Cl2FN3O. The van der Waals surface area contributed by atoms with E-state index in [9.17, 15) is 9.18 Å². The van der Waals surface area contributed by atoms with Crippen LogP contribution < -0.4 is 5.32 Å². The van der Waals surface area contributed by atoms with Crippen molar-refractivity contribution in [2.75, 3.05) is 5.32 Å². The van der Waals surface area contributed by atoms with E-state index in [-0.39, 0.29) is 23.6 Å². The van der Waals surface area contributed by atoms with Crippen LogP contribution in [0.3, 0.4) is 0 Å². The predicted molar refractivity (Wildman–Crippen MR) is 104 cm³/mol. The maximum Gasteiger partial charge on any atom is 0.229 e. The highest BCUT2D eigenvalue weighted by molar-refractivity contribution is 6.33. The minimum absolute atomic E-state index is 0.0931. The third-order valence-corrected chi connectivity index (χ3v) is 5.17. The van der Waals surface area contributed by atoms with E-state index in [4.69, 9.17) is 23.2 Å². The molecule has 0 aliphatic heterocycles. The molecule has 2 atom stereocenters. The molecule has 4 rings (SSSR count). The summed E-state index contributed by atoms with van der Waals surface area (Å²) in [4.78, 5) is 12.5. The van der Waals surface area contributed by atoms with Gasteiger partial charge < -0.3 is 5.32 Å². The van der Waals surface area contributed by atoms with Crippen LogP contribution >= 0.6 is 23.2 Å². The molecule has 27 heavy (non-hydrogen) atoms. The third kappa shape index (κ3) is 4.15. The highest BCUT2D eigenvalue weighted by Gasteiger charge is 2.44. The van der Waals surface area contributed by atoms with Crippen molar-refractivity contribution in [1.82, 2.24) is 9.78 Å². The van der Waals surface area contributed by atoms with Crippen LogP contribution in [0.2, 0.25) is 10.0 Å². The molecule has 3 aromatic rings. The number of rotatable bonds is 5. The summed E-state index contributed by atoms with van der Waals surface area (Å²) < 4.78 is 14.6. The van der Waals surface area contributed by atoms with Crippen LogP contribution in [0.1, 0.15) is 23.5 Å². The number of carbonyl (C=O) groups excluding carboxylic acids is 1. The number of nitrogens with zero attached hydrogens (tertiary/aromatic N) is 2. The van der Waals surface area contributed by atoms with E-state index in [1.165, 1.54) is 12.1 Å². The summed E-state index contributed by atoms with van der Waals surface area (Å²) in [5.74, 6) is 0.0612. The molecule has 2 unspecified atom stereocenters. The van der Waals surface area contributed by atoms with Crippen molar-refractivity contribution < 1.29 is 9.18 Å². The summed E-state index contributed by atoms with van der Waals surface area (Å²) in [5.41, 5.74) is 1.99. The summed E-state index contributed by atoms with van der Waals surface area (Å²) in [6, 6.07) is 13.7. The molecule has 1 saturated carbocycles. The number of carbonyl (C=O) groups is 1. The molecule has 0 bridgehead atoms. The summed E-state index contributed by atoms with van der Waals surface area (Å²) in [6.07, 6.45) is 2.44. The van der Waals surface area contributed by atoms with Gasteiger partial charge in [0.15, 0.2) is 5.82 Å². The molecule has 7 heteroatoms. The normalized spacial score (nSPS) is 18.3. The van der Waals surface area contributed by atoms with Crippen molar-refractivity contribution in [2.45, 2.75) is 18.9 Å². The van der Waals surface area contributed by atoms with E-state index in [0.717, 1.165) is 17.5 Å². The monoisotopic (exact) mass is 403 g/mol. The Hall–Kier alpha value is -2.37. The Balaban J connectivity index is 1.39. The lowest BCUT2D eigenvalue weighted by atomic mass is 10.1. The van der Waals surface area contributed by atoms with Crippen LogP contribution in [0.5, 0.6) is 0 Å². The Bertz CT molecular complexity index is 970. The second-order valence-electron chi connectivity index (χ2n) is 6.64. The van der Waals surface area contributed by atoms with Gasteiger partial charge in [0.1, 0.15) is 10.8 Å². The fraction of sp³-hybridized carbons (Fsp3) is 0.200. The molecule has 4 nitrogen and oxygen atoms in total. The van der Waals surface area contributed by atoms with Crippen molar-refractivity contribution in [3.8, 4) is 0 Å². The molecule has 0 spiro atoms. The Morgan fingerprint density at radius 1 is 1.15 bits per heavy atom. The lowest BCUT2D eigenvalue weighted by Gasteiger charge is -2.04. The van der Waals surface area contributed by atoms with E-state index in [2.05, 4.69) is 10.4 Å². The van der Waals surface area contributed by atoms with E-state index < -0.39 is 0 Å². The smallest absolute Gasteiger partial charge is 0.229 e. The highest BCUT2D eigenvalue weighted by atomic mass is 35.5. The maximum atomic E-state index is 13.0. The molecule has 0 saturated heterocycles. The number of nitrogens with one attached hydrogen (secondary N) is 1. The van der Waals surface area contributed by atoms with Crippen LogP contribution in [0.4, 0.5) is 10.2 Å². The number of amides is 1. The van der Waals surface area contributed by atoms with E-state index in [1.807, 2.05) is 24.3 Å². The van der Waals surface area contributed by atoms with Gasteiger partial charge in [-0.3, -0.25) is 9.48 Å². The Kier molecular flexibility index (Phi) is 4.89. The number of hydrogen-bond acceptors (Lipinski definition) is 2. The zero-order valence-corrected chi connectivity index (χ0v) is 15.7. The number of aromatic nitrogens is 2. The third-order valence-electron chi connectivity index (χ3n) is 4.64. The van der Waals surface area contributed by atoms with Crippen LogP contribution in [-0.4, -0.2) is 15.7 Å². The Morgan fingerprint density at radius 2 is 1.85 bits per heavy atom. The lowest BCUT2D eigenvalue weighted by Crippen LogP contribution is -2.15. The van der Waals surface area contributed by atoms with Gasteiger partial charge >= 0.3 is 0 Å². The molecule has 1 aliphatic rings. The number of benzene rings is 2. The van der Waals surface area contributed by atoms with Gasteiger partial charge in [-0.2, -0.15) is 5.10 Å². The van der Waals surface area contributed by atoms with Gasteiger partial charge in [0.05, 0.1) is 6.54 Å². The molecule has 0 radical (unpaired) electrons. The molecule has 1 aliphatic carbocycles. The van der Waals surface area contributed by atoms with Crippen LogP contribution in [0.15, 0.2) is 54.7 Å². The molecule has 1 fully saturated rings. The predicted octanol–water partition coefficient (Wildman–Crippen LogP) is 5.12. The quantitative estimate of drug-likeness (QED) is 0.642. The topological polar surface area (TPSA) is 46.9 Å². The molecule has 1 N–H and O–H groups in total. The summed E-state index contributed by atoms with van der Waals surface area (Å²) in [6.45, 7) is 0.437. The number of hydrogen-bond donors (Lipinski definition) is 1. The van der Waals surface area contributed by atoms with Crippen LogP contribution in [0, 0.1) is 11.7 Å². The summed E-state index contributed by atoms with van der Waals surface area (Å²) >= 11 is 12.1. The molecular weight excluding hydrogens is 388 g/mol. The summed E-state index contributed by atoms with van der Waals surface area (Å²) in [5, 5.41) is 8.19. The molecule has 1 amide bonds. The van der Waals surface area contributed by atoms with Crippen LogP contribution in [0.25, 0.3) is 0 Å². The second kappa shape index (κ2) is 7.33. The fourth-order valence-corrected chi connectivity index (χ4v) is 3.44. The van der Waals surface area contributed by atoms with Gasteiger partial charge in [-0.25, -0.2) is 4.39 Å². The van der Waals surface area contributed by atoms with Gasteiger partial charge in [-0.15, -0.1) is 0 Å². The first-order valence-electron chi connectivity index (χ1n) is 8.53. The van der Waals surface area contributed by atoms with Gasteiger partial charge in [-0.05, 0) is 47.7 Å². The van der Waals surface area contributed by atoms with E-state index in [1.54, 1.807) is 23.0 Å². The lowest BCUT2D eigenvalue weighted by molar-refractivity contribution is -0.117. The first-order valence-corrected chi connectivity index (χ1v) is 9.29. The van der Waals surface area contributed by atoms with Gasteiger partial charge in [0, 0.05) is 17.1 Å². The van der Waals surface area contributed by atoms with E-state index in [0.29, 0.717) is 22.4 Å². The summed E-state index contributed by atoms with van der Waals surface area (Å²) in [7, 11) is 0. The van der Waals surface area contributed by atoms with Gasteiger partial charge in [0.2, 0.25) is 5.91 Å². The minimum Gasteiger partial charge on any atom is -0.308 e. The first kappa shape index (κ1) is 18.0. The first-order chi connectivity index (χ1) is 13.0. The average molecular weight is 404 g/mol. The highest BCUT2D eigenvalue weighted by Crippen LogP contribution is 2.48. The van der Waals surface area contributed by atoms with Crippen molar-refractivity contribution in [3.63, 3.8) is 0 Å². The average Bonchev–Trinajstić information content (AvgIpc) is 3.37. The Labute approximate surface area is 165 Å². The molecule has 138 valence electrons. The molecule has 2 aromatic carbocycles. The second-order valence-corrected chi connectivity index (χ2v) is 7.48. The number of anilines is 1. The van der Waals surface area contributed by atoms with Crippen LogP contribution in [-0.2, 0) is 11.3 Å². The molecule has 1 aromatic heterocycles. The van der Waals surface area contributed by atoms with Crippen molar-refractivity contribution in [3.05, 3.63) is 81.7 Å². The standard InChI is InChI=1S/C20H16Cl2FN3O/c21-14-5-3-13(4-6-14)16-9-17(16)20(27)24-19-18(22)11-26(25-19)10-12-1-7-15(23)8-2-12/h1-8,11,16-17H,9-10H2,(H,24,25,27).